The topological polar surface area (TPSA) is 56.1 Å². The number of pyridine rings is 1. The lowest BCUT2D eigenvalue weighted by Gasteiger charge is -2.24. The number of aromatic nitrogens is 2. The smallest absolute Gasteiger partial charge is 0.341 e. The highest BCUT2D eigenvalue weighted by molar-refractivity contribution is 5.96. The van der Waals surface area contributed by atoms with Crippen molar-refractivity contribution in [3.63, 3.8) is 0 Å². The molecule has 3 aromatic rings. The average Bonchev–Trinajstić information content (AvgIpc) is 3.57. The van der Waals surface area contributed by atoms with Crippen molar-refractivity contribution < 1.29 is 9.53 Å². The van der Waals surface area contributed by atoms with Crippen LogP contribution in [0.2, 0.25) is 0 Å². The zero-order valence-electron chi connectivity index (χ0n) is 17.8. The van der Waals surface area contributed by atoms with Crippen molar-refractivity contribution in [2.75, 3.05) is 12.4 Å². The molecule has 1 N–H and O–H groups in total. The summed E-state index contributed by atoms with van der Waals surface area (Å²) in [7, 11) is 3.54. The van der Waals surface area contributed by atoms with E-state index in [0.29, 0.717) is 23.2 Å². The van der Waals surface area contributed by atoms with Gasteiger partial charge in [-0.3, -0.25) is 0 Å². The summed E-state index contributed by atoms with van der Waals surface area (Å²) in [5.41, 5.74) is 5.33. The van der Waals surface area contributed by atoms with Gasteiger partial charge >= 0.3 is 5.97 Å². The number of rotatable bonds is 5. The van der Waals surface area contributed by atoms with Crippen molar-refractivity contribution in [1.82, 2.24) is 9.55 Å². The number of aryl methyl sites for hydroxylation is 1. The van der Waals surface area contributed by atoms with E-state index >= 15 is 0 Å². The zero-order chi connectivity index (χ0) is 20.7. The van der Waals surface area contributed by atoms with E-state index in [1.807, 2.05) is 12.3 Å². The maximum atomic E-state index is 12.4. The minimum atomic E-state index is -0.346. The largest absolute Gasteiger partial charge is 0.465 e. The predicted octanol–water partition coefficient (Wildman–Crippen LogP) is 6.03. The molecule has 5 rings (SSSR count). The van der Waals surface area contributed by atoms with Crippen LogP contribution in [-0.2, 0) is 11.8 Å². The van der Waals surface area contributed by atoms with Crippen molar-refractivity contribution in [3.8, 4) is 0 Å². The lowest BCUT2D eigenvalue weighted by Crippen LogP contribution is -2.10. The molecule has 2 saturated carbocycles. The highest BCUT2D eigenvalue weighted by Crippen LogP contribution is 2.41. The van der Waals surface area contributed by atoms with Crippen LogP contribution in [0.15, 0.2) is 36.7 Å². The third kappa shape index (κ3) is 3.57. The molecule has 2 aromatic heterocycles. The average molecular weight is 404 g/mol. The van der Waals surface area contributed by atoms with Crippen molar-refractivity contribution in [2.24, 2.45) is 7.05 Å². The first-order valence-corrected chi connectivity index (χ1v) is 11.1. The Bertz CT molecular complexity index is 1090. The van der Waals surface area contributed by atoms with E-state index in [2.05, 4.69) is 46.3 Å². The minimum absolute atomic E-state index is 0.346. The van der Waals surface area contributed by atoms with Crippen LogP contribution in [0.3, 0.4) is 0 Å². The normalized spacial score (nSPS) is 17.3. The lowest BCUT2D eigenvalue weighted by molar-refractivity contribution is 0.0601. The number of anilines is 2. The van der Waals surface area contributed by atoms with E-state index in [-0.39, 0.29) is 5.97 Å². The van der Waals surface area contributed by atoms with Gasteiger partial charge < -0.3 is 14.6 Å². The van der Waals surface area contributed by atoms with Crippen LogP contribution in [0.5, 0.6) is 0 Å². The molecule has 2 fully saturated rings. The Morgan fingerprint density at radius 3 is 2.63 bits per heavy atom. The Morgan fingerprint density at radius 1 is 1.10 bits per heavy atom. The van der Waals surface area contributed by atoms with E-state index in [0.717, 1.165) is 11.3 Å². The fourth-order valence-electron chi connectivity index (χ4n) is 4.90. The summed E-state index contributed by atoms with van der Waals surface area (Å²) in [6, 6.07) is 8.52. The predicted molar refractivity (Wildman–Crippen MR) is 120 cm³/mol. The van der Waals surface area contributed by atoms with Gasteiger partial charge in [-0.1, -0.05) is 19.3 Å². The number of hydrogen-bond acceptors (Lipinski definition) is 4. The second-order valence-corrected chi connectivity index (χ2v) is 8.82. The molecule has 5 heteroatoms. The molecule has 0 saturated heterocycles. The summed E-state index contributed by atoms with van der Waals surface area (Å²) in [6.07, 6.45) is 12.8. The van der Waals surface area contributed by atoms with E-state index < -0.39 is 0 Å². The zero-order valence-corrected chi connectivity index (χ0v) is 17.8. The first-order valence-electron chi connectivity index (χ1n) is 11.1. The number of nitrogens with one attached hydrogen (secondary N) is 1. The Labute approximate surface area is 177 Å². The molecule has 0 amide bonds. The van der Waals surface area contributed by atoms with E-state index in [4.69, 9.17) is 4.74 Å². The molecule has 1 aromatic carbocycles. The quantitative estimate of drug-likeness (QED) is 0.529. The number of ether oxygens (including phenoxy) is 1. The number of nitrogens with zero attached hydrogens (tertiary/aromatic N) is 2. The van der Waals surface area contributed by atoms with Crippen LogP contribution in [0.1, 0.15) is 78.3 Å². The van der Waals surface area contributed by atoms with Crippen LogP contribution in [0.4, 0.5) is 11.5 Å². The van der Waals surface area contributed by atoms with Gasteiger partial charge in [0.25, 0.3) is 0 Å². The molecule has 0 radical (unpaired) electrons. The van der Waals surface area contributed by atoms with Gasteiger partial charge in [-0.25, -0.2) is 9.78 Å². The summed E-state index contributed by atoms with van der Waals surface area (Å²) in [5, 5.41) is 4.65. The van der Waals surface area contributed by atoms with Gasteiger partial charge in [0, 0.05) is 30.5 Å². The lowest BCUT2D eigenvalue weighted by atomic mass is 9.83. The van der Waals surface area contributed by atoms with Crippen LogP contribution < -0.4 is 5.32 Å². The van der Waals surface area contributed by atoms with Gasteiger partial charge in [0.05, 0.1) is 12.6 Å². The molecule has 0 bridgehead atoms. The van der Waals surface area contributed by atoms with Gasteiger partial charge in [0.15, 0.2) is 0 Å². The van der Waals surface area contributed by atoms with E-state index in [1.165, 1.54) is 68.5 Å². The molecule has 2 aliphatic rings. The van der Waals surface area contributed by atoms with Gasteiger partial charge in [-0.05, 0) is 72.9 Å². The number of esters is 1. The van der Waals surface area contributed by atoms with E-state index in [9.17, 15) is 4.79 Å². The highest BCUT2D eigenvalue weighted by Gasteiger charge is 2.26. The summed E-state index contributed by atoms with van der Waals surface area (Å²) in [5.74, 6) is 1.34. The SMILES string of the molecule is COC(=O)c1cc(C2CC2)cnc1Nc1cc(C2CCCCC2)c2c(ccn2C)c1. The second kappa shape index (κ2) is 7.78. The molecule has 2 aliphatic carbocycles. The summed E-state index contributed by atoms with van der Waals surface area (Å²) in [6.45, 7) is 0. The molecule has 156 valence electrons. The van der Waals surface area contributed by atoms with Gasteiger partial charge in [-0.15, -0.1) is 0 Å². The third-order valence-corrected chi connectivity index (χ3v) is 6.67. The van der Waals surface area contributed by atoms with Crippen LogP contribution in [0.25, 0.3) is 10.9 Å². The Balaban J connectivity index is 1.55. The Hall–Kier alpha value is -2.82. The van der Waals surface area contributed by atoms with E-state index in [1.54, 1.807) is 0 Å². The highest BCUT2D eigenvalue weighted by atomic mass is 16.5. The molecule has 0 aliphatic heterocycles. The molecule has 5 nitrogen and oxygen atoms in total. The molecule has 2 heterocycles. The number of hydrogen-bond donors (Lipinski definition) is 1. The Morgan fingerprint density at radius 2 is 1.90 bits per heavy atom. The first-order chi connectivity index (χ1) is 14.6. The second-order valence-electron chi connectivity index (χ2n) is 8.82. The van der Waals surface area contributed by atoms with Crippen molar-refractivity contribution in [3.05, 3.63) is 53.3 Å². The van der Waals surface area contributed by atoms with Gasteiger partial charge in [0.2, 0.25) is 0 Å². The summed E-state index contributed by atoms with van der Waals surface area (Å²) < 4.78 is 7.27. The maximum absolute atomic E-state index is 12.4. The maximum Gasteiger partial charge on any atom is 0.341 e. The van der Waals surface area contributed by atoms with Gasteiger partial charge in [0.1, 0.15) is 11.4 Å². The fourth-order valence-corrected chi connectivity index (χ4v) is 4.90. The summed E-state index contributed by atoms with van der Waals surface area (Å²) >= 11 is 0. The number of carbonyl (C=O) groups is 1. The standard InChI is InChI=1S/C25H29N3O2/c1-28-11-10-18-12-20(14-21(23(18)28)17-6-4-3-5-7-17)27-24-22(25(29)30-2)13-19(15-26-24)16-8-9-16/h10-17H,3-9H2,1-2H3,(H,26,27). The van der Waals surface area contributed by atoms with Crippen LogP contribution in [0, 0.1) is 0 Å². The van der Waals surface area contributed by atoms with Crippen molar-refractivity contribution in [1.29, 1.82) is 0 Å². The number of carbonyl (C=O) groups excluding carboxylic acids is 1. The molecule has 0 spiro atoms. The van der Waals surface area contributed by atoms with Gasteiger partial charge in [-0.2, -0.15) is 0 Å². The van der Waals surface area contributed by atoms with Crippen LogP contribution in [-0.4, -0.2) is 22.6 Å². The summed E-state index contributed by atoms with van der Waals surface area (Å²) in [4.78, 5) is 17.1. The molecule has 0 unspecified atom stereocenters. The first kappa shape index (κ1) is 19.2. The number of fused-ring (bicyclic) bond motifs is 1. The fraction of sp³-hybridized carbons (Fsp3) is 0.440. The van der Waals surface area contributed by atoms with Crippen molar-refractivity contribution in [2.45, 2.75) is 56.8 Å². The monoisotopic (exact) mass is 403 g/mol. The Kier molecular flexibility index (Phi) is 4.97. The molecular formula is C25H29N3O2. The third-order valence-electron chi connectivity index (χ3n) is 6.67. The molecular weight excluding hydrogens is 374 g/mol. The van der Waals surface area contributed by atoms with Crippen LogP contribution >= 0.6 is 0 Å². The molecule has 0 atom stereocenters. The minimum Gasteiger partial charge on any atom is -0.465 e. The molecule has 30 heavy (non-hydrogen) atoms. The number of benzene rings is 1. The van der Waals surface area contributed by atoms with Crippen molar-refractivity contribution >= 4 is 28.4 Å². The number of methoxy groups -OCH3 is 1.